The van der Waals surface area contributed by atoms with Gasteiger partial charge in [0.2, 0.25) is 0 Å². The third-order valence-corrected chi connectivity index (χ3v) is 1.92. The Bertz CT molecular complexity index is 160. The third-order valence-electron chi connectivity index (χ3n) is 1.92. The quantitative estimate of drug-likeness (QED) is 0.675. The van der Waals surface area contributed by atoms with E-state index in [1.807, 2.05) is 6.92 Å². The van der Waals surface area contributed by atoms with Gasteiger partial charge in [0, 0.05) is 7.05 Å². The van der Waals surface area contributed by atoms with E-state index in [9.17, 15) is 4.79 Å². The highest BCUT2D eigenvalue weighted by Gasteiger charge is 2.22. The summed E-state index contributed by atoms with van der Waals surface area (Å²) in [5, 5.41) is 2.38. The van der Waals surface area contributed by atoms with Crippen LogP contribution >= 0.6 is 0 Å². The Balaban J connectivity index is 2.11. The van der Waals surface area contributed by atoms with Crippen LogP contribution < -0.4 is 5.32 Å². The predicted octanol–water partition coefficient (Wildman–Crippen LogP) is 0.910. The number of amides is 1. The smallest absolute Gasteiger partial charge is 0.406 e. The van der Waals surface area contributed by atoms with E-state index in [1.165, 1.54) is 0 Å². The summed E-state index contributed by atoms with van der Waals surface area (Å²) in [7, 11) is 1.54. The summed E-state index contributed by atoms with van der Waals surface area (Å²) in [6.07, 6.45) is 2.05. The lowest BCUT2D eigenvalue weighted by Gasteiger charge is -2.10. The molecule has 0 aromatic heterocycles. The number of ether oxygens (including phenoxy) is 2. The molecule has 4 heteroatoms. The average Bonchev–Trinajstić information content (AvgIpc) is 2.47. The molecule has 1 amide bonds. The molecule has 0 radical (unpaired) electrons. The van der Waals surface area contributed by atoms with Crippen LogP contribution in [0.5, 0.6) is 0 Å². The van der Waals surface area contributed by atoms with Gasteiger partial charge in [0.05, 0.1) is 12.2 Å². The van der Waals surface area contributed by atoms with E-state index < -0.39 is 6.09 Å². The minimum atomic E-state index is -0.391. The zero-order valence-corrected chi connectivity index (χ0v) is 7.50. The molecule has 1 heterocycles. The van der Waals surface area contributed by atoms with Crippen molar-refractivity contribution in [1.29, 1.82) is 0 Å². The topological polar surface area (TPSA) is 47.6 Å². The fraction of sp³-hybridized carbons (Fsp3) is 0.875. The molecule has 0 aliphatic carbocycles. The van der Waals surface area contributed by atoms with E-state index >= 15 is 0 Å². The molecule has 1 fully saturated rings. The molecule has 1 saturated heterocycles. The maximum Gasteiger partial charge on any atom is 0.406 e. The number of rotatable bonds is 2. The molecule has 0 bridgehead atoms. The van der Waals surface area contributed by atoms with Crippen molar-refractivity contribution in [3.8, 4) is 0 Å². The van der Waals surface area contributed by atoms with Crippen molar-refractivity contribution in [2.75, 3.05) is 13.7 Å². The SMILES string of the molecule is CNC(=O)OC[C@@H]1CCC(C)O1. The number of carbonyl (C=O) groups is 1. The van der Waals surface area contributed by atoms with Gasteiger partial charge in [-0.25, -0.2) is 4.79 Å². The highest BCUT2D eigenvalue weighted by atomic mass is 16.6. The molecule has 1 N–H and O–H groups in total. The molecule has 1 aliphatic heterocycles. The third kappa shape index (κ3) is 2.70. The van der Waals surface area contributed by atoms with E-state index in [2.05, 4.69) is 5.32 Å². The van der Waals surface area contributed by atoms with Crippen molar-refractivity contribution in [2.45, 2.75) is 32.0 Å². The molecule has 12 heavy (non-hydrogen) atoms. The Morgan fingerprint density at radius 3 is 2.92 bits per heavy atom. The number of nitrogens with one attached hydrogen (secondary N) is 1. The number of carbonyl (C=O) groups excluding carboxylic acids is 1. The number of hydrogen-bond acceptors (Lipinski definition) is 3. The van der Waals surface area contributed by atoms with Crippen LogP contribution in [0.25, 0.3) is 0 Å². The fourth-order valence-electron chi connectivity index (χ4n) is 1.25. The van der Waals surface area contributed by atoms with Gasteiger partial charge in [0.1, 0.15) is 6.61 Å². The van der Waals surface area contributed by atoms with Gasteiger partial charge in [-0.05, 0) is 19.8 Å². The summed E-state index contributed by atoms with van der Waals surface area (Å²) in [5.74, 6) is 0. The molecular formula is C8H15NO3. The van der Waals surface area contributed by atoms with Gasteiger partial charge in [-0.3, -0.25) is 0 Å². The van der Waals surface area contributed by atoms with Crippen LogP contribution in [0.3, 0.4) is 0 Å². The molecule has 4 nitrogen and oxygen atoms in total. The minimum Gasteiger partial charge on any atom is -0.447 e. The molecule has 0 spiro atoms. The minimum absolute atomic E-state index is 0.0947. The molecule has 0 aromatic rings. The van der Waals surface area contributed by atoms with Gasteiger partial charge in [-0.1, -0.05) is 0 Å². The van der Waals surface area contributed by atoms with E-state index in [1.54, 1.807) is 7.05 Å². The van der Waals surface area contributed by atoms with Gasteiger partial charge in [0.25, 0.3) is 0 Å². The standard InChI is InChI=1S/C8H15NO3/c1-6-3-4-7(12-6)5-11-8(10)9-2/h6-7H,3-5H2,1-2H3,(H,9,10)/t6?,7-/m0/s1. The summed E-state index contributed by atoms with van der Waals surface area (Å²) in [4.78, 5) is 10.7. The first-order valence-electron chi connectivity index (χ1n) is 4.22. The Kier molecular flexibility index (Phi) is 3.34. The van der Waals surface area contributed by atoms with E-state index in [4.69, 9.17) is 9.47 Å². The first-order valence-corrected chi connectivity index (χ1v) is 4.22. The van der Waals surface area contributed by atoms with Crippen molar-refractivity contribution in [3.63, 3.8) is 0 Å². The van der Waals surface area contributed by atoms with Crippen LogP contribution in [0.1, 0.15) is 19.8 Å². The second kappa shape index (κ2) is 4.30. The summed E-state index contributed by atoms with van der Waals surface area (Å²) in [6, 6.07) is 0. The van der Waals surface area contributed by atoms with E-state index in [0.29, 0.717) is 12.7 Å². The highest BCUT2D eigenvalue weighted by molar-refractivity contribution is 5.66. The first-order chi connectivity index (χ1) is 5.72. The molecule has 0 saturated carbocycles. The molecule has 0 aromatic carbocycles. The van der Waals surface area contributed by atoms with Crippen LogP contribution in [-0.4, -0.2) is 32.0 Å². The summed E-state index contributed by atoms with van der Waals surface area (Å²) >= 11 is 0. The van der Waals surface area contributed by atoms with Crippen molar-refractivity contribution in [1.82, 2.24) is 5.32 Å². The van der Waals surface area contributed by atoms with Crippen LogP contribution in [0.15, 0.2) is 0 Å². The lowest BCUT2D eigenvalue weighted by Crippen LogP contribution is -2.25. The van der Waals surface area contributed by atoms with Crippen molar-refractivity contribution >= 4 is 6.09 Å². The molecule has 70 valence electrons. The maximum atomic E-state index is 10.7. The zero-order chi connectivity index (χ0) is 8.97. The van der Waals surface area contributed by atoms with E-state index in [0.717, 1.165) is 12.8 Å². The average molecular weight is 173 g/mol. The molecule has 1 rings (SSSR count). The number of hydrogen-bond donors (Lipinski definition) is 1. The molecular weight excluding hydrogens is 158 g/mol. The first kappa shape index (κ1) is 9.32. The largest absolute Gasteiger partial charge is 0.447 e. The van der Waals surface area contributed by atoms with Crippen molar-refractivity contribution in [3.05, 3.63) is 0 Å². The van der Waals surface area contributed by atoms with Crippen molar-refractivity contribution < 1.29 is 14.3 Å². The molecule has 1 aliphatic rings. The second-order valence-corrected chi connectivity index (χ2v) is 2.99. The van der Waals surface area contributed by atoms with Crippen molar-refractivity contribution in [2.24, 2.45) is 0 Å². The monoisotopic (exact) mass is 173 g/mol. The Morgan fingerprint density at radius 2 is 2.42 bits per heavy atom. The van der Waals surface area contributed by atoms with Gasteiger partial charge in [-0.15, -0.1) is 0 Å². The zero-order valence-electron chi connectivity index (χ0n) is 7.50. The Labute approximate surface area is 72.2 Å². The lowest BCUT2D eigenvalue weighted by atomic mass is 10.2. The molecule has 2 atom stereocenters. The molecule has 1 unspecified atom stereocenters. The second-order valence-electron chi connectivity index (χ2n) is 2.99. The normalized spacial score (nSPS) is 28.5. The highest BCUT2D eigenvalue weighted by Crippen LogP contribution is 2.18. The van der Waals surface area contributed by atoms with Crippen LogP contribution in [0.4, 0.5) is 4.79 Å². The van der Waals surface area contributed by atoms with Gasteiger partial charge in [-0.2, -0.15) is 0 Å². The van der Waals surface area contributed by atoms with Gasteiger partial charge < -0.3 is 14.8 Å². The Hall–Kier alpha value is -0.770. The van der Waals surface area contributed by atoms with Crippen LogP contribution in [-0.2, 0) is 9.47 Å². The lowest BCUT2D eigenvalue weighted by molar-refractivity contribution is 0.0121. The summed E-state index contributed by atoms with van der Waals surface area (Å²) in [5.41, 5.74) is 0. The van der Waals surface area contributed by atoms with E-state index in [-0.39, 0.29) is 6.10 Å². The Morgan fingerprint density at radius 1 is 1.67 bits per heavy atom. The summed E-state index contributed by atoms with van der Waals surface area (Å²) in [6.45, 7) is 2.39. The fourth-order valence-corrected chi connectivity index (χ4v) is 1.25. The van der Waals surface area contributed by atoms with Gasteiger partial charge in [0.15, 0.2) is 0 Å². The summed E-state index contributed by atoms with van der Waals surface area (Å²) < 4.78 is 10.3. The number of alkyl carbamates (subject to hydrolysis) is 1. The maximum absolute atomic E-state index is 10.7. The van der Waals surface area contributed by atoms with Crippen LogP contribution in [0, 0.1) is 0 Å². The van der Waals surface area contributed by atoms with Crippen LogP contribution in [0.2, 0.25) is 0 Å². The van der Waals surface area contributed by atoms with Gasteiger partial charge >= 0.3 is 6.09 Å². The predicted molar refractivity (Wildman–Crippen MR) is 44.0 cm³/mol.